The third kappa shape index (κ3) is 3.81. The van der Waals surface area contributed by atoms with Crippen LogP contribution in [0.15, 0.2) is 47.9 Å². The molecule has 0 atom stereocenters. The third-order valence-corrected chi connectivity index (χ3v) is 5.35. The van der Waals surface area contributed by atoms with Crippen LogP contribution in [0.1, 0.15) is 0 Å². The van der Waals surface area contributed by atoms with Crippen molar-refractivity contribution in [1.82, 2.24) is 13.9 Å². The first-order chi connectivity index (χ1) is 11.6. The molecule has 128 valence electrons. The molecule has 0 radical (unpaired) electrons. The van der Waals surface area contributed by atoms with E-state index in [1.165, 1.54) is 21.4 Å². The number of imidazole rings is 1. The maximum Gasteiger partial charge on any atom is 0.262 e. The summed E-state index contributed by atoms with van der Waals surface area (Å²) >= 11 is 0. The van der Waals surface area contributed by atoms with Gasteiger partial charge >= 0.3 is 0 Å². The molecule has 1 saturated heterocycles. The maximum absolute atomic E-state index is 12.5. The summed E-state index contributed by atoms with van der Waals surface area (Å²) in [5.41, 5.74) is 0.684. The van der Waals surface area contributed by atoms with Gasteiger partial charge in [0.1, 0.15) is 6.54 Å². The number of benzene rings is 1. The molecular weight excluding hydrogens is 332 g/mol. The van der Waals surface area contributed by atoms with Crippen LogP contribution in [0.25, 0.3) is 0 Å². The van der Waals surface area contributed by atoms with E-state index < -0.39 is 10.0 Å². The van der Waals surface area contributed by atoms with E-state index >= 15 is 0 Å². The average molecular weight is 350 g/mol. The van der Waals surface area contributed by atoms with Crippen molar-refractivity contribution in [1.29, 1.82) is 0 Å². The zero-order chi connectivity index (χ0) is 17.0. The Kier molecular flexibility index (Phi) is 4.93. The summed E-state index contributed by atoms with van der Waals surface area (Å²) in [6.45, 7) is 1.35. The molecule has 2 heterocycles. The van der Waals surface area contributed by atoms with Gasteiger partial charge in [-0.15, -0.1) is 0 Å². The van der Waals surface area contributed by atoms with Crippen molar-refractivity contribution in [3.05, 3.63) is 42.9 Å². The van der Waals surface area contributed by atoms with Crippen molar-refractivity contribution in [2.24, 2.45) is 0 Å². The van der Waals surface area contributed by atoms with Gasteiger partial charge in [-0.3, -0.25) is 4.79 Å². The Morgan fingerprint density at radius 1 is 1.21 bits per heavy atom. The number of morpholine rings is 1. The molecule has 0 saturated carbocycles. The van der Waals surface area contributed by atoms with E-state index in [9.17, 15) is 13.2 Å². The number of sulfonamides is 1. The number of rotatable bonds is 5. The molecule has 1 aliphatic heterocycles. The summed E-state index contributed by atoms with van der Waals surface area (Å²) in [5.74, 6) is -0.256. The number of hydrogen-bond acceptors (Lipinski definition) is 5. The lowest BCUT2D eigenvalue weighted by Gasteiger charge is -2.24. The van der Waals surface area contributed by atoms with Crippen molar-refractivity contribution >= 4 is 21.6 Å². The SMILES string of the molecule is O=C(Cn1cnc(S(=O)(=O)N2CCOCC2)c1)Nc1ccccc1. The van der Waals surface area contributed by atoms with Gasteiger partial charge in [0, 0.05) is 25.0 Å². The minimum atomic E-state index is -3.65. The first kappa shape index (κ1) is 16.6. The Morgan fingerprint density at radius 3 is 2.62 bits per heavy atom. The molecule has 2 aromatic rings. The molecule has 0 aliphatic carbocycles. The van der Waals surface area contributed by atoms with Gasteiger partial charge in [-0.2, -0.15) is 4.31 Å². The van der Waals surface area contributed by atoms with Gasteiger partial charge in [-0.05, 0) is 12.1 Å². The average Bonchev–Trinajstić information content (AvgIpc) is 3.05. The second kappa shape index (κ2) is 7.12. The minimum absolute atomic E-state index is 0.0134. The highest BCUT2D eigenvalue weighted by Gasteiger charge is 2.28. The van der Waals surface area contributed by atoms with Crippen molar-refractivity contribution in [3.8, 4) is 0 Å². The molecule has 24 heavy (non-hydrogen) atoms. The van der Waals surface area contributed by atoms with E-state index in [1.54, 1.807) is 12.1 Å². The van der Waals surface area contributed by atoms with Crippen LogP contribution in [0.3, 0.4) is 0 Å². The zero-order valence-corrected chi connectivity index (χ0v) is 13.8. The minimum Gasteiger partial charge on any atom is -0.379 e. The van der Waals surface area contributed by atoms with Gasteiger partial charge in [0.15, 0.2) is 5.03 Å². The molecule has 1 aromatic carbocycles. The Labute approximate surface area is 140 Å². The summed E-state index contributed by atoms with van der Waals surface area (Å²) in [7, 11) is -3.65. The number of ether oxygens (including phenoxy) is 1. The number of amides is 1. The van der Waals surface area contributed by atoms with Gasteiger partial charge in [-0.25, -0.2) is 13.4 Å². The Morgan fingerprint density at radius 2 is 1.92 bits per heavy atom. The fourth-order valence-electron chi connectivity index (χ4n) is 2.37. The standard InChI is InChI=1S/C15H18N4O4S/c20-14(17-13-4-2-1-3-5-13)10-18-11-15(16-12-18)24(21,22)19-6-8-23-9-7-19/h1-5,11-12H,6-10H2,(H,17,20). The number of nitrogens with zero attached hydrogens (tertiary/aromatic N) is 3. The van der Waals surface area contributed by atoms with Crippen molar-refractivity contribution < 1.29 is 17.9 Å². The normalized spacial score (nSPS) is 16.0. The highest BCUT2D eigenvalue weighted by molar-refractivity contribution is 7.89. The van der Waals surface area contributed by atoms with Crippen LogP contribution >= 0.6 is 0 Å². The van der Waals surface area contributed by atoms with Gasteiger partial charge in [0.25, 0.3) is 10.0 Å². The lowest BCUT2D eigenvalue weighted by Crippen LogP contribution is -2.40. The van der Waals surface area contributed by atoms with E-state index in [0.717, 1.165) is 0 Å². The van der Waals surface area contributed by atoms with Crippen LogP contribution < -0.4 is 5.32 Å². The number of aromatic nitrogens is 2. The van der Waals surface area contributed by atoms with Crippen molar-refractivity contribution in [2.45, 2.75) is 11.6 Å². The first-order valence-corrected chi connectivity index (χ1v) is 8.94. The summed E-state index contributed by atoms with van der Waals surface area (Å²) in [4.78, 5) is 15.9. The number of hydrogen-bond donors (Lipinski definition) is 1. The third-order valence-electron chi connectivity index (χ3n) is 3.57. The number of carbonyl (C=O) groups excluding carboxylic acids is 1. The van der Waals surface area contributed by atoms with Gasteiger partial charge in [-0.1, -0.05) is 18.2 Å². The summed E-state index contributed by atoms with van der Waals surface area (Å²) in [6, 6.07) is 9.05. The zero-order valence-electron chi connectivity index (χ0n) is 13.0. The van der Waals surface area contributed by atoms with E-state index in [2.05, 4.69) is 10.3 Å². The number of carbonyl (C=O) groups is 1. The molecule has 0 bridgehead atoms. The molecule has 9 heteroatoms. The summed E-state index contributed by atoms with van der Waals surface area (Å²) < 4.78 is 32.9. The maximum atomic E-state index is 12.5. The summed E-state index contributed by atoms with van der Waals surface area (Å²) in [5, 5.41) is 2.68. The molecule has 1 aromatic heterocycles. The lowest BCUT2D eigenvalue weighted by molar-refractivity contribution is -0.116. The highest BCUT2D eigenvalue weighted by atomic mass is 32.2. The van der Waals surface area contributed by atoms with E-state index in [4.69, 9.17) is 4.74 Å². The van der Waals surface area contributed by atoms with Crippen LogP contribution in [0.4, 0.5) is 5.69 Å². The molecule has 1 N–H and O–H groups in total. The smallest absolute Gasteiger partial charge is 0.262 e. The topological polar surface area (TPSA) is 93.5 Å². The van der Waals surface area contributed by atoms with Crippen LogP contribution in [0, 0.1) is 0 Å². The van der Waals surface area contributed by atoms with Crippen LogP contribution in [0.2, 0.25) is 0 Å². The predicted octanol–water partition coefficient (Wildman–Crippen LogP) is 0.543. The summed E-state index contributed by atoms with van der Waals surface area (Å²) in [6.07, 6.45) is 2.72. The molecular formula is C15H18N4O4S. The lowest BCUT2D eigenvalue weighted by atomic mass is 10.3. The van der Waals surface area contributed by atoms with Crippen LogP contribution in [-0.4, -0.2) is 54.5 Å². The molecule has 1 aliphatic rings. The number of para-hydroxylation sites is 1. The molecule has 8 nitrogen and oxygen atoms in total. The highest BCUT2D eigenvalue weighted by Crippen LogP contribution is 2.15. The Balaban J connectivity index is 1.65. The molecule has 0 unspecified atom stereocenters. The predicted molar refractivity (Wildman–Crippen MR) is 86.9 cm³/mol. The van der Waals surface area contributed by atoms with Crippen LogP contribution in [0.5, 0.6) is 0 Å². The van der Waals surface area contributed by atoms with Crippen LogP contribution in [-0.2, 0) is 26.1 Å². The van der Waals surface area contributed by atoms with E-state index in [-0.39, 0.29) is 17.5 Å². The Bertz CT molecular complexity index is 798. The fraction of sp³-hybridized carbons (Fsp3) is 0.333. The number of nitrogens with one attached hydrogen (secondary N) is 1. The van der Waals surface area contributed by atoms with Gasteiger partial charge < -0.3 is 14.6 Å². The second-order valence-corrected chi connectivity index (χ2v) is 7.20. The second-order valence-electron chi connectivity index (χ2n) is 5.31. The van der Waals surface area contributed by atoms with Gasteiger partial charge in [0.05, 0.1) is 19.5 Å². The van der Waals surface area contributed by atoms with E-state index in [1.807, 2.05) is 18.2 Å². The largest absolute Gasteiger partial charge is 0.379 e. The van der Waals surface area contributed by atoms with Crippen molar-refractivity contribution in [3.63, 3.8) is 0 Å². The Hall–Kier alpha value is -2.23. The molecule has 1 fully saturated rings. The number of anilines is 1. The van der Waals surface area contributed by atoms with Gasteiger partial charge in [0.2, 0.25) is 5.91 Å². The quantitative estimate of drug-likeness (QED) is 0.850. The molecule has 0 spiro atoms. The molecule has 3 rings (SSSR count). The van der Waals surface area contributed by atoms with E-state index in [0.29, 0.717) is 32.0 Å². The first-order valence-electron chi connectivity index (χ1n) is 7.50. The molecule has 1 amide bonds. The van der Waals surface area contributed by atoms with Crippen molar-refractivity contribution in [2.75, 3.05) is 31.6 Å². The fourth-order valence-corrected chi connectivity index (χ4v) is 3.71. The monoisotopic (exact) mass is 350 g/mol.